The highest BCUT2D eigenvalue weighted by Gasteiger charge is 2.27. The molecule has 0 aliphatic rings. The van der Waals surface area contributed by atoms with E-state index in [1.165, 1.54) is 18.2 Å². The maximum Gasteiger partial charge on any atom is 0.323 e. The van der Waals surface area contributed by atoms with E-state index < -0.39 is 0 Å². The summed E-state index contributed by atoms with van der Waals surface area (Å²) >= 11 is 1.68. The van der Waals surface area contributed by atoms with Gasteiger partial charge in [0.05, 0.1) is 7.11 Å². The number of hydrogen-bond acceptors (Lipinski definition) is 4. The van der Waals surface area contributed by atoms with Crippen LogP contribution < -0.4 is 0 Å². The van der Waals surface area contributed by atoms with Crippen LogP contribution in [0.4, 0.5) is 0 Å². The van der Waals surface area contributed by atoms with E-state index in [1.54, 1.807) is 11.8 Å². The van der Waals surface area contributed by atoms with Gasteiger partial charge in [0.25, 0.3) is 0 Å². The molecule has 4 heteroatoms. The van der Waals surface area contributed by atoms with Crippen LogP contribution in [0.2, 0.25) is 0 Å². The molecule has 0 unspecified atom stereocenters. The van der Waals surface area contributed by atoms with Crippen LogP contribution in [0.15, 0.2) is 95.9 Å². The summed E-state index contributed by atoms with van der Waals surface area (Å²) in [5.41, 5.74) is 2.36. The van der Waals surface area contributed by atoms with Gasteiger partial charge in [0.1, 0.15) is 6.04 Å². The van der Waals surface area contributed by atoms with E-state index in [4.69, 9.17) is 4.74 Å². The second kappa shape index (κ2) is 10.7. The summed E-state index contributed by atoms with van der Waals surface area (Å²) in [4.78, 5) is 16.0. The number of esters is 1. The van der Waals surface area contributed by atoms with Crippen LogP contribution >= 0.6 is 11.8 Å². The van der Waals surface area contributed by atoms with E-state index in [-0.39, 0.29) is 12.0 Å². The lowest BCUT2D eigenvalue weighted by atomic mass is 10.1. The van der Waals surface area contributed by atoms with E-state index in [2.05, 4.69) is 41.3 Å². The Kier molecular flexibility index (Phi) is 7.71. The highest BCUT2D eigenvalue weighted by molar-refractivity contribution is 7.99. The molecule has 0 radical (unpaired) electrons. The molecule has 0 heterocycles. The molecule has 144 valence electrons. The Morgan fingerprint density at radius 3 is 1.75 bits per heavy atom. The molecule has 0 N–H and O–H groups in total. The molecule has 0 fully saturated rings. The molecule has 0 aliphatic carbocycles. The standard InChI is InChI=1S/C24H25NO2S/c1-27-24(26)23(19-28-22-15-9-4-10-16-22)25(17-20-11-5-2-6-12-20)18-21-13-7-3-8-14-21/h2-16,23H,17-19H2,1H3/t23-/m0/s1. The zero-order valence-electron chi connectivity index (χ0n) is 16.0. The minimum atomic E-state index is -0.337. The van der Waals surface area contributed by atoms with Gasteiger partial charge in [0, 0.05) is 23.7 Å². The summed E-state index contributed by atoms with van der Waals surface area (Å²) in [7, 11) is 1.46. The number of hydrogen-bond donors (Lipinski definition) is 0. The third kappa shape index (κ3) is 5.98. The van der Waals surface area contributed by atoms with Crippen molar-refractivity contribution in [3.63, 3.8) is 0 Å². The SMILES string of the molecule is COC(=O)[C@H](CSc1ccccc1)N(Cc1ccccc1)Cc1ccccc1. The molecule has 1 atom stereocenters. The van der Waals surface area contributed by atoms with Crippen LogP contribution in [-0.2, 0) is 22.6 Å². The van der Waals surface area contributed by atoms with Gasteiger partial charge < -0.3 is 4.74 Å². The normalized spacial score (nSPS) is 11.9. The zero-order valence-corrected chi connectivity index (χ0v) is 16.8. The lowest BCUT2D eigenvalue weighted by Crippen LogP contribution is -2.43. The quantitative estimate of drug-likeness (QED) is 0.378. The van der Waals surface area contributed by atoms with Crippen LogP contribution in [0.1, 0.15) is 11.1 Å². The molecule has 0 aliphatic heterocycles. The molecule has 3 aromatic rings. The van der Waals surface area contributed by atoms with Crippen LogP contribution in [0, 0.1) is 0 Å². The smallest absolute Gasteiger partial charge is 0.323 e. The monoisotopic (exact) mass is 391 g/mol. The molecule has 0 bridgehead atoms. The zero-order chi connectivity index (χ0) is 19.6. The Bertz CT molecular complexity index is 799. The largest absolute Gasteiger partial charge is 0.468 e. The average Bonchev–Trinajstić information content (AvgIpc) is 2.75. The number of thioether (sulfide) groups is 1. The fraction of sp³-hybridized carbons (Fsp3) is 0.208. The molecular weight excluding hydrogens is 366 g/mol. The fourth-order valence-electron chi connectivity index (χ4n) is 3.06. The second-order valence-corrected chi connectivity index (χ2v) is 7.63. The Morgan fingerprint density at radius 2 is 1.29 bits per heavy atom. The Morgan fingerprint density at radius 1 is 0.821 bits per heavy atom. The molecule has 0 saturated heterocycles. The van der Waals surface area contributed by atoms with Crippen LogP contribution in [-0.4, -0.2) is 29.8 Å². The number of rotatable bonds is 9. The Labute approximate surface area is 171 Å². The van der Waals surface area contributed by atoms with Crippen molar-refractivity contribution in [2.45, 2.75) is 24.0 Å². The average molecular weight is 392 g/mol. The molecular formula is C24H25NO2S. The molecule has 0 spiro atoms. The number of ether oxygens (including phenoxy) is 1. The number of methoxy groups -OCH3 is 1. The van der Waals surface area contributed by atoms with Crippen LogP contribution in [0.25, 0.3) is 0 Å². The molecule has 3 rings (SSSR count). The van der Waals surface area contributed by atoms with Gasteiger partial charge in [-0.15, -0.1) is 11.8 Å². The van der Waals surface area contributed by atoms with Crippen LogP contribution in [0.5, 0.6) is 0 Å². The van der Waals surface area contributed by atoms with E-state index in [9.17, 15) is 4.79 Å². The van der Waals surface area contributed by atoms with Gasteiger partial charge in [-0.1, -0.05) is 78.9 Å². The lowest BCUT2D eigenvalue weighted by Gasteiger charge is -2.30. The number of carbonyl (C=O) groups excluding carboxylic acids is 1. The van der Waals surface area contributed by atoms with Crippen molar-refractivity contribution in [3.8, 4) is 0 Å². The summed E-state index contributed by atoms with van der Waals surface area (Å²) in [6, 6.07) is 30.3. The molecule has 3 aromatic carbocycles. The maximum absolute atomic E-state index is 12.7. The fourth-order valence-corrected chi connectivity index (χ4v) is 4.11. The molecule has 0 saturated carbocycles. The van der Waals surface area contributed by atoms with Crippen molar-refractivity contribution in [3.05, 3.63) is 102 Å². The first-order valence-corrected chi connectivity index (χ1v) is 10.3. The van der Waals surface area contributed by atoms with Crippen molar-refractivity contribution in [1.82, 2.24) is 4.90 Å². The predicted octanol–water partition coefficient (Wildman–Crippen LogP) is 5.02. The summed E-state index contributed by atoms with van der Waals surface area (Å²) in [5.74, 6) is 0.436. The number of nitrogens with zero attached hydrogens (tertiary/aromatic N) is 1. The lowest BCUT2D eigenvalue weighted by molar-refractivity contribution is -0.146. The van der Waals surface area contributed by atoms with Gasteiger partial charge in [-0.25, -0.2) is 0 Å². The van der Waals surface area contributed by atoms with Gasteiger partial charge in [0.15, 0.2) is 0 Å². The first-order valence-electron chi connectivity index (χ1n) is 9.34. The third-order valence-corrected chi connectivity index (χ3v) is 5.61. The van der Waals surface area contributed by atoms with Gasteiger partial charge in [0.2, 0.25) is 0 Å². The maximum atomic E-state index is 12.7. The van der Waals surface area contributed by atoms with Crippen molar-refractivity contribution in [2.75, 3.05) is 12.9 Å². The first-order chi connectivity index (χ1) is 13.8. The van der Waals surface area contributed by atoms with Crippen molar-refractivity contribution in [1.29, 1.82) is 0 Å². The molecule has 3 nitrogen and oxygen atoms in total. The Balaban J connectivity index is 1.82. The van der Waals surface area contributed by atoms with E-state index in [0.717, 1.165) is 4.90 Å². The molecule has 0 aromatic heterocycles. The highest BCUT2D eigenvalue weighted by atomic mass is 32.2. The third-order valence-electron chi connectivity index (χ3n) is 4.52. The predicted molar refractivity (Wildman–Crippen MR) is 115 cm³/mol. The van der Waals surface area contributed by atoms with Gasteiger partial charge >= 0.3 is 5.97 Å². The minimum absolute atomic E-state index is 0.199. The van der Waals surface area contributed by atoms with Gasteiger partial charge in [-0.05, 0) is 23.3 Å². The first kappa shape index (κ1) is 20.2. The number of carbonyl (C=O) groups is 1. The van der Waals surface area contributed by atoms with Gasteiger partial charge in [-0.3, -0.25) is 9.69 Å². The van der Waals surface area contributed by atoms with Crippen molar-refractivity contribution < 1.29 is 9.53 Å². The molecule has 0 amide bonds. The summed E-state index contributed by atoms with van der Waals surface area (Å²) in [5, 5.41) is 0. The summed E-state index contributed by atoms with van der Waals surface area (Å²) < 4.78 is 5.16. The second-order valence-electron chi connectivity index (χ2n) is 6.54. The highest BCUT2D eigenvalue weighted by Crippen LogP contribution is 2.23. The van der Waals surface area contributed by atoms with Crippen LogP contribution in [0.3, 0.4) is 0 Å². The molecule has 28 heavy (non-hydrogen) atoms. The summed E-state index contributed by atoms with van der Waals surface area (Å²) in [6.45, 7) is 1.37. The van der Waals surface area contributed by atoms with E-state index >= 15 is 0 Å². The topological polar surface area (TPSA) is 29.5 Å². The van der Waals surface area contributed by atoms with Crippen molar-refractivity contribution in [2.24, 2.45) is 0 Å². The van der Waals surface area contributed by atoms with E-state index in [0.29, 0.717) is 18.8 Å². The Hall–Kier alpha value is -2.56. The van der Waals surface area contributed by atoms with Gasteiger partial charge in [-0.2, -0.15) is 0 Å². The van der Waals surface area contributed by atoms with E-state index in [1.807, 2.05) is 54.6 Å². The van der Waals surface area contributed by atoms with Crippen molar-refractivity contribution >= 4 is 17.7 Å². The summed E-state index contributed by atoms with van der Waals surface area (Å²) in [6.07, 6.45) is 0. The minimum Gasteiger partial charge on any atom is -0.468 e. The number of benzene rings is 3.